The molecule has 13 heteroatoms. The number of carboxylic acids is 1. The maximum Gasteiger partial charge on any atom is 0.416 e. The van der Waals surface area contributed by atoms with Crippen molar-refractivity contribution in [1.29, 1.82) is 0 Å². The lowest BCUT2D eigenvalue weighted by Crippen LogP contribution is -2.41. The average molecular weight is 673 g/mol. The third-order valence-corrected chi connectivity index (χ3v) is 8.11. The van der Waals surface area contributed by atoms with Gasteiger partial charge in [-0.05, 0) is 103 Å². The highest BCUT2D eigenvalue weighted by Gasteiger charge is 2.36. The van der Waals surface area contributed by atoms with E-state index >= 15 is 4.39 Å². The Morgan fingerprint density at radius 2 is 1.67 bits per heavy atom. The summed E-state index contributed by atoms with van der Waals surface area (Å²) < 4.78 is 74.2. The molecule has 0 unspecified atom stereocenters. The van der Waals surface area contributed by atoms with Crippen molar-refractivity contribution in [1.82, 2.24) is 19.7 Å². The maximum absolute atomic E-state index is 15.7. The Labute approximate surface area is 274 Å². The van der Waals surface area contributed by atoms with E-state index in [-0.39, 0.29) is 42.0 Å². The van der Waals surface area contributed by atoms with Gasteiger partial charge in [-0.15, -0.1) is 0 Å². The van der Waals surface area contributed by atoms with Crippen LogP contribution >= 0.6 is 0 Å². The van der Waals surface area contributed by atoms with Crippen LogP contribution in [-0.4, -0.2) is 31.3 Å². The minimum atomic E-state index is -4.85. The first-order chi connectivity index (χ1) is 22.5. The number of carbonyl (C=O) groups is 2. The number of aryl methyl sites for hydroxylation is 5. The quantitative estimate of drug-likeness (QED) is 0.156. The Morgan fingerprint density at radius 1 is 1.00 bits per heavy atom. The summed E-state index contributed by atoms with van der Waals surface area (Å²) in [6, 6.07) is 4.87. The topological polar surface area (TPSA) is 106 Å². The van der Waals surface area contributed by atoms with Gasteiger partial charge in [0.25, 0.3) is 5.56 Å². The predicted molar refractivity (Wildman–Crippen MR) is 169 cm³/mol. The van der Waals surface area contributed by atoms with Crippen molar-refractivity contribution in [2.24, 2.45) is 5.92 Å². The number of alkyl halides is 3. The van der Waals surface area contributed by atoms with Crippen LogP contribution in [-0.2, 0) is 28.7 Å². The summed E-state index contributed by atoms with van der Waals surface area (Å²) >= 11 is 0. The molecule has 0 bridgehead atoms. The fraction of sp³-hybridized carbons (Fsp3) is 0.371. The van der Waals surface area contributed by atoms with Crippen molar-refractivity contribution in [3.8, 4) is 11.1 Å². The molecular formula is C35H37F5N4O4. The van der Waals surface area contributed by atoms with E-state index in [0.717, 1.165) is 10.8 Å². The number of carboxylic acid groups (broad SMARTS) is 1. The number of nitrogens with zero attached hydrogens (tertiary/aromatic N) is 3. The normalized spacial score (nSPS) is 13.1. The number of aromatic nitrogens is 3. The van der Waals surface area contributed by atoms with E-state index in [1.807, 2.05) is 0 Å². The Bertz CT molecular complexity index is 1840. The van der Waals surface area contributed by atoms with E-state index in [1.165, 1.54) is 36.0 Å². The summed E-state index contributed by atoms with van der Waals surface area (Å²) in [5.74, 6) is -3.68. The van der Waals surface area contributed by atoms with Crippen molar-refractivity contribution in [2.45, 2.75) is 78.7 Å². The van der Waals surface area contributed by atoms with Crippen LogP contribution in [0.25, 0.3) is 11.1 Å². The lowest BCUT2D eigenvalue weighted by atomic mass is 9.90. The van der Waals surface area contributed by atoms with Crippen LogP contribution in [0.3, 0.4) is 0 Å². The van der Waals surface area contributed by atoms with E-state index in [4.69, 9.17) is 0 Å². The van der Waals surface area contributed by atoms with Gasteiger partial charge < -0.3 is 15.0 Å². The second-order valence-corrected chi connectivity index (χ2v) is 12.4. The number of benzene rings is 2. The number of aliphatic carboxylic acids is 1. The first kappa shape index (κ1) is 36.0. The van der Waals surface area contributed by atoms with Crippen LogP contribution in [0.1, 0.15) is 72.2 Å². The predicted octanol–water partition coefficient (Wildman–Crippen LogP) is 7.10. The van der Waals surface area contributed by atoms with Crippen molar-refractivity contribution in [3.63, 3.8) is 0 Å². The van der Waals surface area contributed by atoms with Crippen molar-refractivity contribution in [3.05, 3.63) is 110 Å². The second-order valence-electron chi connectivity index (χ2n) is 12.4. The van der Waals surface area contributed by atoms with Crippen LogP contribution in [0.4, 0.5) is 22.0 Å². The second kappa shape index (κ2) is 14.5. The molecule has 8 nitrogen and oxygen atoms in total. The molecule has 2 aromatic heterocycles. The Morgan fingerprint density at radius 3 is 2.23 bits per heavy atom. The number of nitrogens with one attached hydrogen (secondary N) is 1. The molecule has 0 fully saturated rings. The van der Waals surface area contributed by atoms with Gasteiger partial charge >= 0.3 is 12.1 Å². The lowest BCUT2D eigenvalue weighted by Gasteiger charge is -2.27. The van der Waals surface area contributed by atoms with Gasteiger partial charge in [0.05, 0.1) is 18.0 Å². The summed E-state index contributed by atoms with van der Waals surface area (Å²) in [4.78, 5) is 39.2. The van der Waals surface area contributed by atoms with Gasteiger partial charge in [-0.25, -0.2) is 8.78 Å². The number of amides is 1. The first-order valence-corrected chi connectivity index (χ1v) is 15.3. The van der Waals surface area contributed by atoms with Crippen LogP contribution in [0.5, 0.6) is 0 Å². The number of halogens is 5. The molecule has 48 heavy (non-hydrogen) atoms. The Balaban J connectivity index is 1.79. The van der Waals surface area contributed by atoms with E-state index in [2.05, 4.69) is 10.4 Å². The van der Waals surface area contributed by atoms with Crippen molar-refractivity contribution >= 4 is 11.9 Å². The number of hydrogen-bond acceptors (Lipinski definition) is 4. The highest BCUT2D eigenvalue weighted by atomic mass is 19.4. The average Bonchev–Trinajstić information content (AvgIpc) is 3.49. The molecule has 4 rings (SSSR count). The van der Waals surface area contributed by atoms with Gasteiger partial charge in [0.15, 0.2) is 0 Å². The van der Waals surface area contributed by atoms with Gasteiger partial charge in [-0.2, -0.15) is 18.3 Å². The molecule has 2 heterocycles. The van der Waals surface area contributed by atoms with Crippen LogP contribution in [0, 0.1) is 38.3 Å². The molecule has 2 aromatic carbocycles. The monoisotopic (exact) mass is 672 g/mol. The highest BCUT2D eigenvalue weighted by Crippen LogP contribution is 2.35. The van der Waals surface area contributed by atoms with E-state index in [1.54, 1.807) is 46.0 Å². The minimum absolute atomic E-state index is 0.00497. The maximum atomic E-state index is 15.7. The van der Waals surface area contributed by atoms with E-state index in [0.29, 0.717) is 28.3 Å². The van der Waals surface area contributed by atoms with E-state index < -0.39 is 59.3 Å². The number of hydrogen-bond donors (Lipinski definition) is 2. The van der Waals surface area contributed by atoms with E-state index in [9.17, 15) is 37.1 Å². The largest absolute Gasteiger partial charge is 0.481 e. The lowest BCUT2D eigenvalue weighted by molar-refractivity contribution is -0.139. The molecule has 0 saturated heterocycles. The molecule has 1 amide bonds. The Hall–Kier alpha value is -4.81. The highest BCUT2D eigenvalue weighted by molar-refractivity contribution is 5.82. The number of pyridine rings is 1. The summed E-state index contributed by atoms with van der Waals surface area (Å²) in [6.45, 7) is 8.41. The number of carbonyl (C=O) groups excluding carboxylic acids is 1. The van der Waals surface area contributed by atoms with Gasteiger partial charge in [-0.1, -0.05) is 13.8 Å². The molecule has 0 aliphatic carbocycles. The summed E-state index contributed by atoms with van der Waals surface area (Å²) in [7, 11) is 0. The Kier molecular flexibility index (Phi) is 10.9. The van der Waals surface area contributed by atoms with Crippen LogP contribution < -0.4 is 10.9 Å². The van der Waals surface area contributed by atoms with Crippen LogP contribution in [0.2, 0.25) is 0 Å². The standard InChI is InChI=1S/C35H37F5N4O4/c1-19(2)11-29(44-18-23(7-10-43-9-6-8-41-43)27(16-30(44)45)35(38,39)40)34(48)42-28(17-31(46)47)26-15-24(12-22(5)33(26)37)32-20(3)13-25(36)14-21(32)4/h6,8-9,12-16,18-19,28-29H,7,10-11,17H2,1-5H3,(H,42,48)(H,46,47)/t28-,29-/m0/s1. The van der Waals surface area contributed by atoms with Gasteiger partial charge in [0.1, 0.15) is 17.7 Å². The molecule has 0 aliphatic rings. The third kappa shape index (κ3) is 8.36. The molecule has 0 saturated carbocycles. The molecule has 4 aromatic rings. The number of rotatable bonds is 12. The van der Waals surface area contributed by atoms with Crippen LogP contribution in [0.15, 0.2) is 59.8 Å². The molecule has 0 spiro atoms. The fourth-order valence-corrected chi connectivity index (χ4v) is 6.00. The first-order valence-electron chi connectivity index (χ1n) is 15.3. The van der Waals surface area contributed by atoms with Gasteiger partial charge in [0, 0.05) is 36.8 Å². The summed E-state index contributed by atoms with van der Waals surface area (Å²) in [5, 5.41) is 16.4. The van der Waals surface area contributed by atoms with Gasteiger partial charge in [0.2, 0.25) is 5.91 Å². The zero-order valence-corrected chi connectivity index (χ0v) is 27.2. The third-order valence-electron chi connectivity index (χ3n) is 8.11. The molecule has 0 aliphatic heterocycles. The van der Waals surface area contributed by atoms with Gasteiger partial charge in [-0.3, -0.25) is 19.1 Å². The molecule has 0 radical (unpaired) electrons. The molecule has 2 N–H and O–H groups in total. The zero-order valence-electron chi connectivity index (χ0n) is 27.2. The molecule has 256 valence electrons. The smallest absolute Gasteiger partial charge is 0.416 e. The molecule has 2 atom stereocenters. The van der Waals surface area contributed by atoms with Crippen molar-refractivity contribution < 1.29 is 36.6 Å². The SMILES string of the molecule is Cc1cc(-c2c(C)cc(F)cc2C)cc([C@H](CC(=O)O)NC(=O)[C@H](CC(C)C)n2cc(CCn3cccn3)c(C(F)(F)F)cc2=O)c1F. The minimum Gasteiger partial charge on any atom is -0.481 e. The molecular weight excluding hydrogens is 635 g/mol. The fourth-order valence-electron chi connectivity index (χ4n) is 6.00. The summed E-state index contributed by atoms with van der Waals surface area (Å²) in [5.41, 5.74) is -0.241. The zero-order chi connectivity index (χ0) is 35.5. The summed E-state index contributed by atoms with van der Waals surface area (Å²) in [6.07, 6.45) is -1.67. The van der Waals surface area contributed by atoms with Crippen molar-refractivity contribution in [2.75, 3.05) is 0 Å².